The topological polar surface area (TPSA) is 46.4 Å². The molecule has 2 heterocycles. The standard InChI is InChI=1S/C22H25N3OS/c1-16-8-2-3-9-17(16)14-23-21(26)15-25-13-7-6-11-19(25)22-24-18-10-4-5-12-20(18)27-22/h2-5,8-10,12,19H,6-7,11,13-15H2,1H3,(H,23,26)/p+1/t19-/m0/s1. The summed E-state index contributed by atoms with van der Waals surface area (Å²) in [4.78, 5) is 18.8. The lowest BCUT2D eigenvalue weighted by Gasteiger charge is -2.30. The Kier molecular flexibility index (Phi) is 5.50. The van der Waals surface area contributed by atoms with Crippen molar-refractivity contribution in [2.24, 2.45) is 0 Å². The highest BCUT2D eigenvalue weighted by molar-refractivity contribution is 7.18. The van der Waals surface area contributed by atoms with Crippen molar-refractivity contribution in [1.82, 2.24) is 10.3 Å². The molecule has 1 aliphatic rings. The fourth-order valence-corrected chi connectivity index (χ4v) is 5.06. The number of aromatic nitrogens is 1. The predicted molar refractivity (Wildman–Crippen MR) is 110 cm³/mol. The molecule has 5 heteroatoms. The Morgan fingerprint density at radius 3 is 2.85 bits per heavy atom. The second-order valence-electron chi connectivity index (χ2n) is 7.36. The average Bonchev–Trinajstić information content (AvgIpc) is 3.12. The van der Waals surface area contributed by atoms with Gasteiger partial charge in [0, 0.05) is 13.0 Å². The number of hydrogen-bond acceptors (Lipinski definition) is 3. The van der Waals surface area contributed by atoms with Crippen LogP contribution < -0.4 is 10.2 Å². The number of rotatable bonds is 5. The highest BCUT2D eigenvalue weighted by Crippen LogP contribution is 2.28. The Morgan fingerprint density at radius 1 is 1.19 bits per heavy atom. The largest absolute Gasteiger partial charge is 0.347 e. The molecule has 1 amide bonds. The lowest BCUT2D eigenvalue weighted by Crippen LogP contribution is -3.14. The van der Waals surface area contributed by atoms with Crippen LogP contribution in [-0.2, 0) is 11.3 Å². The number of piperidine rings is 1. The van der Waals surface area contributed by atoms with Crippen molar-refractivity contribution in [2.75, 3.05) is 13.1 Å². The van der Waals surface area contributed by atoms with Crippen LogP contribution in [-0.4, -0.2) is 24.0 Å². The van der Waals surface area contributed by atoms with E-state index in [-0.39, 0.29) is 5.91 Å². The fraction of sp³-hybridized carbons (Fsp3) is 0.364. The maximum atomic E-state index is 12.6. The van der Waals surface area contributed by atoms with Gasteiger partial charge in [0.2, 0.25) is 0 Å². The highest BCUT2D eigenvalue weighted by atomic mass is 32.1. The molecule has 0 bridgehead atoms. The molecule has 2 aromatic carbocycles. The van der Waals surface area contributed by atoms with Gasteiger partial charge in [0.1, 0.15) is 6.04 Å². The number of amides is 1. The number of quaternary nitrogens is 1. The number of thiazole rings is 1. The fourth-order valence-electron chi connectivity index (χ4n) is 3.90. The number of carbonyl (C=O) groups excluding carboxylic acids is 1. The molecule has 3 aromatic rings. The lowest BCUT2D eigenvalue weighted by molar-refractivity contribution is -0.929. The minimum Gasteiger partial charge on any atom is -0.347 e. The molecule has 1 aliphatic heterocycles. The normalized spacial score (nSPS) is 19.9. The van der Waals surface area contributed by atoms with E-state index in [1.54, 1.807) is 11.3 Å². The summed E-state index contributed by atoms with van der Waals surface area (Å²) in [6.07, 6.45) is 3.51. The monoisotopic (exact) mass is 380 g/mol. The number of nitrogens with zero attached hydrogens (tertiary/aromatic N) is 1. The van der Waals surface area contributed by atoms with Crippen LogP contribution in [0.4, 0.5) is 0 Å². The third-order valence-corrected chi connectivity index (χ3v) is 6.62. The summed E-state index contributed by atoms with van der Waals surface area (Å²) in [7, 11) is 0. The van der Waals surface area contributed by atoms with Crippen molar-refractivity contribution in [3.8, 4) is 0 Å². The van der Waals surface area contributed by atoms with E-state index in [0.717, 1.165) is 18.5 Å². The second-order valence-corrected chi connectivity index (χ2v) is 8.42. The summed E-state index contributed by atoms with van der Waals surface area (Å²) in [6.45, 7) is 4.25. The van der Waals surface area contributed by atoms with Crippen molar-refractivity contribution < 1.29 is 9.69 Å². The molecule has 140 valence electrons. The number of hydrogen-bond donors (Lipinski definition) is 2. The summed E-state index contributed by atoms with van der Waals surface area (Å²) in [5, 5.41) is 4.29. The predicted octanol–water partition coefficient (Wildman–Crippen LogP) is 3.03. The zero-order valence-electron chi connectivity index (χ0n) is 15.7. The molecule has 0 aliphatic carbocycles. The van der Waals surface area contributed by atoms with Crippen molar-refractivity contribution in [3.05, 3.63) is 64.7 Å². The van der Waals surface area contributed by atoms with E-state index in [9.17, 15) is 4.79 Å². The van der Waals surface area contributed by atoms with Crippen molar-refractivity contribution in [1.29, 1.82) is 0 Å². The molecule has 1 aromatic heterocycles. The maximum absolute atomic E-state index is 12.6. The Morgan fingerprint density at radius 2 is 2.00 bits per heavy atom. The average molecular weight is 381 g/mol. The van der Waals surface area contributed by atoms with Crippen LogP contribution in [0.1, 0.15) is 41.4 Å². The third kappa shape index (κ3) is 4.20. The molecule has 1 unspecified atom stereocenters. The molecular weight excluding hydrogens is 354 g/mol. The zero-order valence-corrected chi connectivity index (χ0v) is 16.5. The molecule has 1 saturated heterocycles. The van der Waals surface area contributed by atoms with E-state index in [0.29, 0.717) is 19.1 Å². The lowest BCUT2D eigenvalue weighted by atomic mass is 10.0. The zero-order chi connectivity index (χ0) is 18.6. The summed E-state index contributed by atoms with van der Waals surface area (Å²) in [5.74, 6) is 0.126. The van der Waals surface area contributed by atoms with Gasteiger partial charge in [0.05, 0.1) is 16.8 Å². The van der Waals surface area contributed by atoms with Gasteiger partial charge >= 0.3 is 0 Å². The SMILES string of the molecule is Cc1ccccc1CNC(=O)C[NH+]1CCCC[C@H]1c1nc2ccccc2s1. The first kappa shape index (κ1) is 18.1. The van der Waals surface area contributed by atoms with Gasteiger partial charge in [0.15, 0.2) is 11.6 Å². The maximum Gasteiger partial charge on any atom is 0.275 e. The molecule has 1 fully saturated rings. The molecular formula is C22H26N3OS+. The van der Waals surface area contributed by atoms with Gasteiger partial charge in [0.25, 0.3) is 5.91 Å². The van der Waals surface area contributed by atoms with Crippen LogP contribution in [0.15, 0.2) is 48.5 Å². The first-order valence-corrected chi connectivity index (χ1v) is 10.5. The quantitative estimate of drug-likeness (QED) is 0.715. The molecule has 0 radical (unpaired) electrons. The van der Waals surface area contributed by atoms with Gasteiger partial charge in [-0.25, -0.2) is 4.98 Å². The van der Waals surface area contributed by atoms with E-state index < -0.39 is 0 Å². The second kappa shape index (κ2) is 8.19. The van der Waals surface area contributed by atoms with Crippen LogP contribution in [0.3, 0.4) is 0 Å². The number of benzene rings is 2. The minimum absolute atomic E-state index is 0.126. The molecule has 2 atom stereocenters. The number of carbonyl (C=O) groups is 1. The Labute approximate surface area is 164 Å². The summed E-state index contributed by atoms with van der Waals surface area (Å²) < 4.78 is 1.24. The van der Waals surface area contributed by atoms with Gasteiger partial charge in [-0.05, 0) is 43.0 Å². The summed E-state index contributed by atoms with van der Waals surface area (Å²) in [5.41, 5.74) is 3.48. The van der Waals surface area contributed by atoms with Gasteiger partial charge in [-0.1, -0.05) is 36.4 Å². The van der Waals surface area contributed by atoms with Crippen LogP contribution in [0.5, 0.6) is 0 Å². The Hall–Kier alpha value is -2.24. The van der Waals surface area contributed by atoms with Gasteiger partial charge in [-0.3, -0.25) is 4.79 Å². The van der Waals surface area contributed by atoms with E-state index in [4.69, 9.17) is 4.98 Å². The highest BCUT2D eigenvalue weighted by Gasteiger charge is 2.31. The van der Waals surface area contributed by atoms with Crippen molar-refractivity contribution in [3.63, 3.8) is 0 Å². The molecule has 0 saturated carbocycles. The van der Waals surface area contributed by atoms with Crippen molar-refractivity contribution in [2.45, 2.75) is 38.8 Å². The van der Waals surface area contributed by atoms with Gasteiger partial charge < -0.3 is 10.2 Å². The van der Waals surface area contributed by atoms with E-state index >= 15 is 0 Å². The number of aryl methyl sites for hydroxylation is 1. The van der Waals surface area contributed by atoms with Crippen LogP contribution >= 0.6 is 11.3 Å². The first-order chi connectivity index (χ1) is 13.2. The number of likely N-dealkylation sites (tertiary alicyclic amines) is 1. The minimum atomic E-state index is 0.126. The molecule has 2 N–H and O–H groups in total. The van der Waals surface area contributed by atoms with Crippen molar-refractivity contribution >= 4 is 27.5 Å². The number of nitrogens with one attached hydrogen (secondary N) is 2. The summed E-state index contributed by atoms with van der Waals surface area (Å²) >= 11 is 1.78. The summed E-state index contributed by atoms with van der Waals surface area (Å²) in [6, 6.07) is 16.9. The number of para-hydroxylation sites is 1. The molecule has 4 rings (SSSR count). The first-order valence-electron chi connectivity index (χ1n) is 9.72. The van der Waals surface area contributed by atoms with Crippen LogP contribution in [0.25, 0.3) is 10.2 Å². The van der Waals surface area contributed by atoms with Crippen LogP contribution in [0.2, 0.25) is 0 Å². The molecule has 0 spiro atoms. The van der Waals surface area contributed by atoms with Crippen LogP contribution in [0, 0.1) is 6.92 Å². The van der Waals surface area contributed by atoms with Gasteiger partial charge in [-0.2, -0.15) is 0 Å². The smallest absolute Gasteiger partial charge is 0.275 e. The molecule has 4 nitrogen and oxygen atoms in total. The van der Waals surface area contributed by atoms with E-state index in [2.05, 4.69) is 42.6 Å². The third-order valence-electron chi connectivity index (χ3n) is 5.47. The number of fused-ring (bicyclic) bond motifs is 1. The van der Waals surface area contributed by atoms with E-state index in [1.165, 1.54) is 38.6 Å². The Bertz CT molecular complexity index is 903. The van der Waals surface area contributed by atoms with E-state index in [1.807, 2.05) is 18.2 Å². The molecule has 27 heavy (non-hydrogen) atoms. The Balaban J connectivity index is 1.43. The van der Waals surface area contributed by atoms with Gasteiger partial charge in [-0.15, -0.1) is 11.3 Å².